The van der Waals surface area contributed by atoms with Gasteiger partial charge in [-0.3, -0.25) is 4.79 Å². The summed E-state index contributed by atoms with van der Waals surface area (Å²) in [6.45, 7) is 0.00606. The highest BCUT2D eigenvalue weighted by molar-refractivity contribution is 7.96. The second-order valence-corrected chi connectivity index (χ2v) is 11.7. The molecule has 0 amide bonds. The normalized spacial score (nSPS) is 14.2. The summed E-state index contributed by atoms with van der Waals surface area (Å²) in [6.07, 6.45) is 6.32. The predicted octanol–water partition coefficient (Wildman–Crippen LogP) is 5.71. The van der Waals surface area contributed by atoms with Crippen molar-refractivity contribution in [1.82, 2.24) is 0 Å². The van der Waals surface area contributed by atoms with Crippen molar-refractivity contribution in [2.45, 2.75) is 45.4 Å². The van der Waals surface area contributed by atoms with E-state index in [1.165, 1.54) is 27.6 Å². The lowest BCUT2D eigenvalue weighted by atomic mass is 9.80. The van der Waals surface area contributed by atoms with E-state index < -0.39 is 6.89 Å². The maximum absolute atomic E-state index is 14.0. The van der Waals surface area contributed by atoms with Crippen LogP contribution in [0.25, 0.3) is 0 Å². The van der Waals surface area contributed by atoms with Crippen molar-refractivity contribution in [1.29, 1.82) is 0 Å². The Morgan fingerprint density at radius 3 is 1.53 bits per heavy atom. The molecule has 0 heterocycles. The van der Waals surface area contributed by atoms with E-state index in [0.717, 1.165) is 32.1 Å². The predicted molar refractivity (Wildman–Crippen MR) is 132 cm³/mol. The number of rotatable bonds is 8. The smallest absolute Gasteiger partial charge is 0.162 e. The van der Waals surface area contributed by atoms with Crippen LogP contribution in [0, 0.1) is 5.92 Å². The summed E-state index contributed by atoms with van der Waals surface area (Å²) < 4.78 is 0. The van der Waals surface area contributed by atoms with Crippen molar-refractivity contribution < 1.29 is 4.79 Å². The van der Waals surface area contributed by atoms with Gasteiger partial charge in [0.2, 0.25) is 0 Å². The SMILES string of the molecule is CCCCC(C(=O)C1CCC1)=P(c1ccccc1)(c1ccccc1)c1ccccc1. The van der Waals surface area contributed by atoms with Gasteiger partial charge < -0.3 is 0 Å². The molecule has 3 aromatic rings. The van der Waals surface area contributed by atoms with Gasteiger partial charge in [0.25, 0.3) is 0 Å². The first kappa shape index (κ1) is 20.9. The monoisotopic (exact) mass is 414 g/mol. The number of hydrogen-bond donors (Lipinski definition) is 0. The fourth-order valence-electron chi connectivity index (χ4n) is 4.58. The van der Waals surface area contributed by atoms with Gasteiger partial charge >= 0.3 is 0 Å². The minimum absolute atomic E-state index is 0.215. The van der Waals surface area contributed by atoms with E-state index in [1.807, 2.05) is 0 Å². The summed E-state index contributed by atoms with van der Waals surface area (Å²) in [5.41, 5.74) is 0. The van der Waals surface area contributed by atoms with E-state index in [-0.39, 0.29) is 5.92 Å². The van der Waals surface area contributed by atoms with Gasteiger partial charge in [-0.2, -0.15) is 0 Å². The van der Waals surface area contributed by atoms with Gasteiger partial charge in [-0.25, -0.2) is 0 Å². The summed E-state index contributed by atoms with van der Waals surface area (Å²) in [5.74, 6) is 0.645. The Hall–Kier alpha value is -2.37. The quantitative estimate of drug-likeness (QED) is 0.431. The highest BCUT2D eigenvalue weighted by Crippen LogP contribution is 2.48. The number of benzene rings is 3. The van der Waals surface area contributed by atoms with Gasteiger partial charge in [-0.15, -0.1) is 0 Å². The van der Waals surface area contributed by atoms with Gasteiger partial charge in [0.05, 0.1) is 0 Å². The lowest BCUT2D eigenvalue weighted by molar-refractivity contribution is -0.118. The number of carbonyl (C=O) groups is 1. The van der Waals surface area contributed by atoms with Crippen molar-refractivity contribution in [2.75, 3.05) is 0 Å². The van der Waals surface area contributed by atoms with Crippen molar-refractivity contribution >= 4 is 33.9 Å². The topological polar surface area (TPSA) is 17.1 Å². The van der Waals surface area contributed by atoms with E-state index in [4.69, 9.17) is 0 Å². The molecular weight excluding hydrogens is 383 g/mol. The lowest BCUT2D eigenvalue weighted by Crippen LogP contribution is -2.37. The van der Waals surface area contributed by atoms with Crippen molar-refractivity contribution in [3.05, 3.63) is 91.0 Å². The van der Waals surface area contributed by atoms with Gasteiger partial charge in [0.15, 0.2) is 5.78 Å². The molecule has 0 saturated heterocycles. The van der Waals surface area contributed by atoms with Gasteiger partial charge in [0.1, 0.15) is 0 Å². The van der Waals surface area contributed by atoms with Crippen LogP contribution in [-0.4, -0.2) is 11.1 Å². The summed E-state index contributed by atoms with van der Waals surface area (Å²) in [5, 5.41) is 5.06. The third kappa shape index (κ3) is 3.84. The Morgan fingerprint density at radius 2 is 1.20 bits per heavy atom. The Morgan fingerprint density at radius 1 is 0.767 bits per heavy atom. The molecule has 2 heteroatoms. The Bertz CT molecular complexity index is 915. The molecular formula is C28H31OP. The first-order valence-electron chi connectivity index (χ1n) is 11.2. The number of unbranched alkanes of at least 4 members (excludes halogenated alkanes) is 1. The standard InChI is InChI=1S/C28H31OP/c1-2-3-22-27(28(29)23-14-13-15-23)30(24-16-7-4-8-17-24,25-18-9-5-10-19-25)26-20-11-6-12-21-26/h4-12,16-21,23H,2-3,13-15,22H2,1H3. The molecule has 4 rings (SSSR count). The molecule has 3 aromatic carbocycles. The third-order valence-corrected chi connectivity index (χ3v) is 10.8. The van der Waals surface area contributed by atoms with Crippen molar-refractivity contribution in [3.63, 3.8) is 0 Å². The van der Waals surface area contributed by atoms with Crippen LogP contribution in [0.3, 0.4) is 0 Å². The van der Waals surface area contributed by atoms with E-state index in [1.54, 1.807) is 0 Å². The zero-order valence-electron chi connectivity index (χ0n) is 17.8. The van der Waals surface area contributed by atoms with E-state index in [9.17, 15) is 4.79 Å². The van der Waals surface area contributed by atoms with E-state index >= 15 is 0 Å². The van der Waals surface area contributed by atoms with Crippen LogP contribution in [0.5, 0.6) is 0 Å². The minimum atomic E-state index is -2.22. The van der Waals surface area contributed by atoms with Gasteiger partial charge in [-0.05, 0) is 48.5 Å². The minimum Gasteiger partial charge on any atom is -0.294 e. The van der Waals surface area contributed by atoms with Crippen molar-refractivity contribution in [3.8, 4) is 0 Å². The van der Waals surface area contributed by atoms with Crippen LogP contribution < -0.4 is 15.9 Å². The molecule has 1 saturated carbocycles. The molecule has 0 aliphatic heterocycles. The maximum Gasteiger partial charge on any atom is 0.162 e. The molecule has 0 spiro atoms. The third-order valence-electron chi connectivity index (χ3n) is 6.36. The van der Waals surface area contributed by atoms with Crippen LogP contribution >= 0.6 is 6.89 Å². The Labute approximate surface area is 181 Å². The molecule has 1 nitrogen and oxygen atoms in total. The number of carbonyl (C=O) groups excluding carboxylic acids is 1. The second-order valence-electron chi connectivity index (χ2n) is 8.22. The van der Waals surface area contributed by atoms with Crippen LogP contribution in [0.4, 0.5) is 0 Å². The van der Waals surface area contributed by atoms with Crippen molar-refractivity contribution in [2.24, 2.45) is 5.92 Å². The maximum atomic E-state index is 14.0. The molecule has 30 heavy (non-hydrogen) atoms. The number of ketones is 1. The first-order chi connectivity index (χ1) is 14.8. The molecule has 154 valence electrons. The van der Waals surface area contributed by atoms with E-state index in [2.05, 4.69) is 97.9 Å². The van der Waals surface area contributed by atoms with Crippen LogP contribution in [0.1, 0.15) is 45.4 Å². The summed E-state index contributed by atoms with van der Waals surface area (Å²) in [7, 11) is 0. The molecule has 1 aliphatic rings. The number of Topliss-reactive ketones (excluding diaryl/α,β-unsaturated/α-hetero) is 1. The fraction of sp³-hybridized carbons (Fsp3) is 0.286. The second kappa shape index (κ2) is 9.63. The average molecular weight is 415 g/mol. The van der Waals surface area contributed by atoms with Gasteiger partial charge in [-0.1, -0.05) is 111 Å². The van der Waals surface area contributed by atoms with Gasteiger partial charge in [0, 0.05) is 11.2 Å². The highest BCUT2D eigenvalue weighted by atomic mass is 31.2. The molecule has 0 unspecified atom stereocenters. The average Bonchev–Trinajstić information content (AvgIpc) is 2.77. The first-order valence-corrected chi connectivity index (χ1v) is 13.0. The largest absolute Gasteiger partial charge is 0.294 e. The van der Waals surface area contributed by atoms with Crippen LogP contribution in [0.2, 0.25) is 0 Å². The molecule has 0 radical (unpaired) electrons. The fourth-order valence-corrected chi connectivity index (χ4v) is 9.27. The molecule has 0 aromatic heterocycles. The summed E-state index contributed by atoms with van der Waals surface area (Å²) >= 11 is 0. The zero-order chi connectivity index (χ0) is 20.8. The Balaban J connectivity index is 2.14. The van der Waals surface area contributed by atoms with Crippen LogP contribution in [0.15, 0.2) is 91.0 Å². The molecule has 1 aliphatic carbocycles. The molecule has 0 bridgehead atoms. The number of hydrogen-bond acceptors (Lipinski definition) is 1. The zero-order valence-corrected chi connectivity index (χ0v) is 18.7. The summed E-state index contributed by atoms with van der Waals surface area (Å²) in [6, 6.07) is 32.5. The van der Waals surface area contributed by atoms with Crippen LogP contribution in [-0.2, 0) is 4.79 Å². The van der Waals surface area contributed by atoms with E-state index in [0.29, 0.717) is 5.78 Å². The summed E-state index contributed by atoms with van der Waals surface area (Å²) in [4.78, 5) is 14.0. The highest BCUT2D eigenvalue weighted by Gasteiger charge is 2.36. The molecule has 1 fully saturated rings. The Kier molecular flexibility index (Phi) is 6.70. The molecule has 0 atom stereocenters. The molecule has 0 N–H and O–H groups in total. The lowest BCUT2D eigenvalue weighted by Gasteiger charge is -2.35.